The number of ether oxygens (including phenoxy) is 3. The van der Waals surface area contributed by atoms with Crippen molar-refractivity contribution in [2.24, 2.45) is 0 Å². The lowest BCUT2D eigenvalue weighted by molar-refractivity contribution is 0.0470. The molecule has 8 nitrogen and oxygen atoms in total. The minimum Gasteiger partial charge on any atom is -0.497 e. The van der Waals surface area contributed by atoms with Crippen LogP contribution >= 0.6 is 0 Å². The topological polar surface area (TPSA) is 108 Å². The predicted molar refractivity (Wildman–Crippen MR) is 122 cm³/mol. The van der Waals surface area contributed by atoms with Crippen LogP contribution in [0.4, 0.5) is 5.69 Å². The van der Waals surface area contributed by atoms with Crippen molar-refractivity contribution >= 4 is 27.5 Å². The first-order valence-electron chi connectivity index (χ1n) is 9.85. The predicted octanol–water partition coefficient (Wildman–Crippen LogP) is 4.06. The van der Waals surface area contributed by atoms with Crippen LogP contribution in [0.1, 0.15) is 33.2 Å². The highest BCUT2D eigenvalue weighted by molar-refractivity contribution is 7.92. The molecule has 0 spiro atoms. The normalized spacial score (nSPS) is 10.9. The number of nitrogens with one attached hydrogen (secondary N) is 1. The second kappa shape index (κ2) is 10.2. The molecule has 0 bridgehead atoms. The number of hydrogen-bond donors (Lipinski definition) is 1. The Morgan fingerprint density at radius 1 is 0.879 bits per heavy atom. The van der Waals surface area contributed by atoms with E-state index >= 15 is 0 Å². The Bertz CT molecular complexity index is 1270. The third-order valence-corrected chi connectivity index (χ3v) is 6.15. The van der Waals surface area contributed by atoms with Gasteiger partial charge in [-0.1, -0.05) is 6.07 Å². The molecule has 0 unspecified atom stereocenters. The average molecular weight is 470 g/mol. The van der Waals surface area contributed by atoms with Crippen molar-refractivity contribution in [2.75, 3.05) is 18.9 Å². The maximum atomic E-state index is 12.8. The summed E-state index contributed by atoms with van der Waals surface area (Å²) < 4.78 is 43.6. The molecule has 0 heterocycles. The van der Waals surface area contributed by atoms with Crippen LogP contribution in [-0.4, -0.2) is 34.4 Å². The Labute approximate surface area is 192 Å². The Kier molecular flexibility index (Phi) is 7.34. The lowest BCUT2D eigenvalue weighted by atomic mass is 10.1. The highest BCUT2D eigenvalue weighted by Crippen LogP contribution is 2.23. The summed E-state index contributed by atoms with van der Waals surface area (Å²) in [5.41, 5.74) is 1.39. The fourth-order valence-corrected chi connectivity index (χ4v) is 4.10. The van der Waals surface area contributed by atoms with Crippen molar-refractivity contribution in [3.8, 4) is 11.5 Å². The van der Waals surface area contributed by atoms with E-state index in [4.69, 9.17) is 14.2 Å². The van der Waals surface area contributed by atoms with E-state index in [1.165, 1.54) is 45.4 Å². The molecule has 33 heavy (non-hydrogen) atoms. The zero-order valence-electron chi connectivity index (χ0n) is 18.3. The van der Waals surface area contributed by atoms with Crippen LogP contribution in [0.3, 0.4) is 0 Å². The van der Waals surface area contributed by atoms with Crippen molar-refractivity contribution < 1.29 is 32.2 Å². The molecule has 3 rings (SSSR count). The van der Waals surface area contributed by atoms with E-state index < -0.39 is 16.0 Å². The summed E-state index contributed by atoms with van der Waals surface area (Å²) in [5, 5.41) is 0. The van der Waals surface area contributed by atoms with Gasteiger partial charge in [0, 0.05) is 16.8 Å². The lowest BCUT2D eigenvalue weighted by Gasteiger charge is -2.12. The molecule has 1 N–H and O–H groups in total. The molecule has 0 aliphatic carbocycles. The number of ketones is 1. The van der Waals surface area contributed by atoms with Gasteiger partial charge < -0.3 is 14.2 Å². The van der Waals surface area contributed by atoms with Gasteiger partial charge in [0.1, 0.15) is 18.1 Å². The Morgan fingerprint density at radius 3 is 2.24 bits per heavy atom. The highest BCUT2D eigenvalue weighted by Gasteiger charge is 2.18. The van der Waals surface area contributed by atoms with Gasteiger partial charge in [-0.15, -0.1) is 0 Å². The van der Waals surface area contributed by atoms with Crippen molar-refractivity contribution in [1.29, 1.82) is 0 Å². The van der Waals surface area contributed by atoms with E-state index in [1.807, 2.05) is 0 Å². The summed E-state index contributed by atoms with van der Waals surface area (Å²) in [6, 6.07) is 16.7. The molecule has 172 valence electrons. The molecule has 0 aliphatic heterocycles. The van der Waals surface area contributed by atoms with Crippen molar-refractivity contribution in [1.82, 2.24) is 0 Å². The molecule has 0 aromatic heterocycles. The number of methoxy groups -OCH3 is 2. The highest BCUT2D eigenvalue weighted by atomic mass is 32.2. The number of carbonyl (C=O) groups excluding carboxylic acids is 2. The number of sulfonamides is 1. The van der Waals surface area contributed by atoms with Crippen molar-refractivity contribution in [2.45, 2.75) is 18.4 Å². The van der Waals surface area contributed by atoms with Crippen LogP contribution in [0, 0.1) is 0 Å². The minimum atomic E-state index is -3.94. The fraction of sp³-hybridized carbons (Fsp3) is 0.167. The maximum absolute atomic E-state index is 12.8. The van der Waals surface area contributed by atoms with E-state index in [1.54, 1.807) is 42.5 Å². The van der Waals surface area contributed by atoms with E-state index in [-0.39, 0.29) is 22.8 Å². The quantitative estimate of drug-likeness (QED) is 0.372. The molecule has 0 atom stereocenters. The molecular weight excluding hydrogens is 446 g/mol. The summed E-state index contributed by atoms with van der Waals surface area (Å²) in [6.45, 7) is 1.29. The van der Waals surface area contributed by atoms with Crippen LogP contribution in [0.15, 0.2) is 71.6 Å². The number of carbonyl (C=O) groups is 2. The number of anilines is 1. The first-order valence-corrected chi connectivity index (χ1v) is 11.3. The maximum Gasteiger partial charge on any atom is 0.338 e. The lowest BCUT2D eigenvalue weighted by Crippen LogP contribution is -2.14. The second-order valence-corrected chi connectivity index (χ2v) is 8.70. The van der Waals surface area contributed by atoms with Crippen molar-refractivity contribution in [3.05, 3.63) is 83.4 Å². The Morgan fingerprint density at radius 2 is 1.61 bits per heavy atom. The monoisotopic (exact) mass is 469 g/mol. The molecule has 0 saturated heterocycles. The molecule has 3 aromatic rings. The van der Waals surface area contributed by atoms with Gasteiger partial charge in [0.25, 0.3) is 10.0 Å². The number of esters is 1. The van der Waals surface area contributed by atoms with Gasteiger partial charge in [-0.25, -0.2) is 13.2 Å². The van der Waals surface area contributed by atoms with E-state index in [0.717, 1.165) is 0 Å². The summed E-state index contributed by atoms with van der Waals surface area (Å²) in [7, 11) is -0.954. The fourth-order valence-electron chi connectivity index (χ4n) is 3.00. The van der Waals surface area contributed by atoms with Crippen LogP contribution in [0.5, 0.6) is 11.5 Å². The zero-order chi connectivity index (χ0) is 24.0. The van der Waals surface area contributed by atoms with Crippen LogP contribution in [-0.2, 0) is 21.4 Å². The van der Waals surface area contributed by atoms with Gasteiger partial charge in [0.05, 0.1) is 24.7 Å². The van der Waals surface area contributed by atoms with Gasteiger partial charge in [0.2, 0.25) is 0 Å². The number of rotatable bonds is 9. The molecule has 9 heteroatoms. The van der Waals surface area contributed by atoms with Crippen molar-refractivity contribution in [3.63, 3.8) is 0 Å². The van der Waals surface area contributed by atoms with E-state index in [0.29, 0.717) is 28.3 Å². The minimum absolute atomic E-state index is 0.0642. The second-order valence-electron chi connectivity index (χ2n) is 7.02. The first-order chi connectivity index (χ1) is 15.7. The molecule has 0 aliphatic rings. The van der Waals surface area contributed by atoms with Gasteiger partial charge in [0.15, 0.2) is 5.78 Å². The van der Waals surface area contributed by atoms with Gasteiger partial charge in [-0.2, -0.15) is 0 Å². The number of hydrogen-bond acceptors (Lipinski definition) is 7. The first kappa shape index (κ1) is 23.8. The largest absolute Gasteiger partial charge is 0.497 e. The summed E-state index contributed by atoms with van der Waals surface area (Å²) in [5.74, 6) is 0.209. The summed E-state index contributed by atoms with van der Waals surface area (Å²) in [4.78, 5) is 24.1. The summed E-state index contributed by atoms with van der Waals surface area (Å²) >= 11 is 0. The smallest absolute Gasteiger partial charge is 0.338 e. The van der Waals surface area contributed by atoms with E-state index in [2.05, 4.69) is 4.72 Å². The van der Waals surface area contributed by atoms with Crippen LogP contribution in [0.25, 0.3) is 0 Å². The molecule has 3 aromatic carbocycles. The average Bonchev–Trinajstić information content (AvgIpc) is 2.82. The molecule has 0 fully saturated rings. The van der Waals surface area contributed by atoms with Gasteiger partial charge >= 0.3 is 5.97 Å². The Hall–Kier alpha value is -3.85. The Balaban J connectivity index is 1.75. The van der Waals surface area contributed by atoms with Crippen LogP contribution < -0.4 is 14.2 Å². The van der Waals surface area contributed by atoms with E-state index in [9.17, 15) is 18.0 Å². The summed E-state index contributed by atoms with van der Waals surface area (Å²) in [6.07, 6.45) is 0. The van der Waals surface area contributed by atoms with Gasteiger partial charge in [-0.3, -0.25) is 9.52 Å². The van der Waals surface area contributed by atoms with Gasteiger partial charge in [-0.05, 0) is 67.6 Å². The number of Topliss-reactive ketones (excluding diaryl/α,β-unsaturated/α-hetero) is 1. The zero-order valence-corrected chi connectivity index (χ0v) is 19.1. The molecule has 0 amide bonds. The molecule has 0 radical (unpaired) electrons. The standard InChI is InChI=1S/C24H23NO7S/c1-16(26)17-7-12-23(31-3)19(13-17)15-32-24(27)18-5-4-6-22(14-18)33(28,29)25-20-8-10-21(30-2)11-9-20/h4-14,25H,15H2,1-3H3. The third-order valence-electron chi connectivity index (χ3n) is 4.77. The van der Waals surface area contributed by atoms with Crippen LogP contribution in [0.2, 0.25) is 0 Å². The number of benzene rings is 3. The SMILES string of the molecule is COc1ccc(NS(=O)(=O)c2cccc(C(=O)OCc3cc(C(C)=O)ccc3OC)c2)cc1. The molecule has 0 saturated carbocycles. The molecular formula is C24H23NO7S. The third kappa shape index (κ3) is 5.89.